The van der Waals surface area contributed by atoms with E-state index in [9.17, 15) is 4.79 Å². The van der Waals surface area contributed by atoms with Crippen molar-refractivity contribution in [2.24, 2.45) is 0 Å². The molecule has 0 atom stereocenters. The average Bonchev–Trinajstić information content (AvgIpc) is 2.35. The fourth-order valence-corrected chi connectivity index (χ4v) is 2.22. The number of nitrogens with zero attached hydrogens (tertiary/aromatic N) is 1. The number of aryl methyl sites for hydroxylation is 1. The molecule has 2 N–H and O–H groups in total. The minimum Gasteiger partial charge on any atom is -0.383 e. The summed E-state index contributed by atoms with van der Waals surface area (Å²) in [7, 11) is 0. The molecule has 100 valence electrons. The number of rotatable bonds is 6. The Balaban J connectivity index is 3.26. The zero-order valence-corrected chi connectivity index (χ0v) is 11.6. The van der Waals surface area contributed by atoms with Crippen molar-refractivity contribution in [3.05, 3.63) is 23.4 Å². The molecule has 1 rings (SSSR count). The van der Waals surface area contributed by atoms with Crippen LogP contribution in [0.25, 0.3) is 0 Å². The highest BCUT2D eigenvalue weighted by Crippen LogP contribution is 2.29. The van der Waals surface area contributed by atoms with Crippen molar-refractivity contribution in [3.8, 4) is 0 Å². The van der Waals surface area contributed by atoms with E-state index >= 15 is 0 Å². The van der Waals surface area contributed by atoms with Crippen LogP contribution in [0.5, 0.6) is 0 Å². The summed E-state index contributed by atoms with van der Waals surface area (Å²) in [6.07, 6.45) is 2.87. The number of carbonyl (C=O) groups excluding carboxylic acids is 1. The predicted molar refractivity (Wildman–Crippen MR) is 72.7 cm³/mol. The number of anilines is 1. The number of hydrogen-bond donors (Lipinski definition) is 1. The van der Waals surface area contributed by atoms with Gasteiger partial charge in [0.25, 0.3) is 0 Å². The van der Waals surface area contributed by atoms with Crippen LogP contribution in [0.3, 0.4) is 0 Å². The summed E-state index contributed by atoms with van der Waals surface area (Å²) in [5.74, 6) is 0.225. The standard InChI is InChI=1S/C14H22N2O2/c1-5-14(6-2,18-7-3)12(17)11-10(4)8-9-16-13(11)15/h8-9H,5-7H2,1-4H3,(H2,15,16). The molecule has 0 aliphatic heterocycles. The summed E-state index contributed by atoms with van der Waals surface area (Å²) >= 11 is 0. The lowest BCUT2D eigenvalue weighted by Gasteiger charge is -2.30. The molecular weight excluding hydrogens is 228 g/mol. The smallest absolute Gasteiger partial charge is 0.198 e. The van der Waals surface area contributed by atoms with Gasteiger partial charge in [-0.15, -0.1) is 0 Å². The van der Waals surface area contributed by atoms with E-state index in [0.717, 1.165) is 5.56 Å². The summed E-state index contributed by atoms with van der Waals surface area (Å²) < 4.78 is 5.72. The quantitative estimate of drug-likeness (QED) is 0.788. The predicted octanol–water partition coefficient (Wildman–Crippen LogP) is 2.75. The maximum atomic E-state index is 12.7. The first-order valence-electron chi connectivity index (χ1n) is 6.42. The first-order valence-corrected chi connectivity index (χ1v) is 6.42. The third-order valence-corrected chi connectivity index (χ3v) is 3.39. The van der Waals surface area contributed by atoms with Gasteiger partial charge in [0, 0.05) is 12.8 Å². The number of aromatic nitrogens is 1. The number of hydrogen-bond acceptors (Lipinski definition) is 4. The lowest BCUT2D eigenvalue weighted by molar-refractivity contribution is -0.0250. The number of pyridine rings is 1. The van der Waals surface area contributed by atoms with Gasteiger partial charge in [-0.3, -0.25) is 4.79 Å². The van der Waals surface area contributed by atoms with Crippen molar-refractivity contribution in [3.63, 3.8) is 0 Å². The van der Waals surface area contributed by atoms with Crippen molar-refractivity contribution in [2.45, 2.75) is 46.1 Å². The van der Waals surface area contributed by atoms with Gasteiger partial charge in [0.1, 0.15) is 11.4 Å². The van der Waals surface area contributed by atoms with Crippen LogP contribution in [-0.2, 0) is 4.74 Å². The van der Waals surface area contributed by atoms with Gasteiger partial charge in [0.2, 0.25) is 0 Å². The summed E-state index contributed by atoms with van der Waals surface area (Å²) in [5.41, 5.74) is 6.40. The normalized spacial score (nSPS) is 11.6. The number of carbonyl (C=O) groups is 1. The highest BCUT2D eigenvalue weighted by molar-refractivity contribution is 6.06. The highest BCUT2D eigenvalue weighted by Gasteiger charge is 2.38. The molecule has 0 aliphatic rings. The minimum absolute atomic E-state index is 0.0579. The van der Waals surface area contributed by atoms with Gasteiger partial charge in [0.05, 0.1) is 5.56 Å². The van der Waals surface area contributed by atoms with Crippen molar-refractivity contribution in [2.75, 3.05) is 12.3 Å². The summed E-state index contributed by atoms with van der Waals surface area (Å²) in [5, 5.41) is 0. The van der Waals surface area contributed by atoms with Crippen LogP contribution in [0, 0.1) is 6.92 Å². The summed E-state index contributed by atoms with van der Waals surface area (Å²) in [4.78, 5) is 16.7. The van der Waals surface area contributed by atoms with Crippen LogP contribution in [0.1, 0.15) is 49.5 Å². The lowest BCUT2D eigenvalue weighted by Crippen LogP contribution is -2.41. The van der Waals surface area contributed by atoms with Crippen molar-refractivity contribution in [1.82, 2.24) is 4.98 Å². The van der Waals surface area contributed by atoms with E-state index in [-0.39, 0.29) is 11.6 Å². The second-order valence-electron chi connectivity index (χ2n) is 4.35. The van der Waals surface area contributed by atoms with Crippen LogP contribution in [0.4, 0.5) is 5.82 Å². The molecule has 18 heavy (non-hydrogen) atoms. The van der Waals surface area contributed by atoms with Crippen LogP contribution >= 0.6 is 0 Å². The molecule has 1 heterocycles. The van der Waals surface area contributed by atoms with Gasteiger partial charge in [-0.25, -0.2) is 4.98 Å². The molecular formula is C14H22N2O2. The molecule has 0 bridgehead atoms. The SMILES string of the molecule is CCOC(CC)(CC)C(=O)c1c(C)ccnc1N. The van der Waals surface area contributed by atoms with E-state index < -0.39 is 5.60 Å². The van der Waals surface area contributed by atoms with E-state index in [2.05, 4.69) is 4.98 Å². The third-order valence-electron chi connectivity index (χ3n) is 3.39. The van der Waals surface area contributed by atoms with Crippen molar-refractivity contribution >= 4 is 11.6 Å². The topological polar surface area (TPSA) is 65.2 Å². The Bertz CT molecular complexity index is 406. The molecule has 0 amide bonds. The first kappa shape index (κ1) is 14.6. The third kappa shape index (κ3) is 2.53. The molecule has 0 fully saturated rings. The van der Waals surface area contributed by atoms with E-state index in [1.54, 1.807) is 12.3 Å². The van der Waals surface area contributed by atoms with Crippen molar-refractivity contribution < 1.29 is 9.53 Å². The number of ketones is 1. The molecule has 0 spiro atoms. The van der Waals surface area contributed by atoms with Gasteiger partial charge < -0.3 is 10.5 Å². The molecule has 4 heteroatoms. The Morgan fingerprint density at radius 2 is 2.00 bits per heavy atom. The largest absolute Gasteiger partial charge is 0.383 e. The second kappa shape index (κ2) is 5.96. The molecule has 0 unspecified atom stereocenters. The number of Topliss-reactive ketones (excluding diaryl/α,β-unsaturated/α-hetero) is 1. The molecule has 4 nitrogen and oxygen atoms in total. The van der Waals surface area contributed by atoms with Gasteiger partial charge >= 0.3 is 0 Å². The Morgan fingerprint density at radius 3 is 2.44 bits per heavy atom. The van der Waals surface area contributed by atoms with E-state index in [1.807, 2.05) is 27.7 Å². The van der Waals surface area contributed by atoms with Gasteiger partial charge in [-0.05, 0) is 38.3 Å². The molecule has 0 aromatic carbocycles. The fraction of sp³-hybridized carbons (Fsp3) is 0.571. The van der Waals surface area contributed by atoms with Gasteiger partial charge in [0.15, 0.2) is 5.78 Å². The number of nitrogens with two attached hydrogens (primary N) is 1. The average molecular weight is 250 g/mol. The number of ether oxygens (including phenoxy) is 1. The highest BCUT2D eigenvalue weighted by atomic mass is 16.5. The fourth-order valence-electron chi connectivity index (χ4n) is 2.22. The maximum Gasteiger partial charge on any atom is 0.198 e. The molecule has 0 saturated heterocycles. The molecule has 1 aromatic heterocycles. The van der Waals surface area contributed by atoms with Crippen molar-refractivity contribution in [1.29, 1.82) is 0 Å². The molecule has 0 saturated carbocycles. The zero-order chi connectivity index (χ0) is 13.8. The zero-order valence-electron chi connectivity index (χ0n) is 11.6. The van der Waals surface area contributed by atoms with E-state index in [1.165, 1.54) is 0 Å². The van der Waals surface area contributed by atoms with E-state index in [4.69, 9.17) is 10.5 Å². The summed E-state index contributed by atoms with van der Waals surface area (Å²) in [6.45, 7) is 8.19. The number of nitrogen functional groups attached to an aromatic ring is 1. The van der Waals surface area contributed by atoms with Gasteiger partial charge in [-0.1, -0.05) is 13.8 Å². The minimum atomic E-state index is -0.781. The Hall–Kier alpha value is -1.42. The van der Waals surface area contributed by atoms with Crippen LogP contribution < -0.4 is 5.73 Å². The van der Waals surface area contributed by atoms with Gasteiger partial charge in [-0.2, -0.15) is 0 Å². The second-order valence-corrected chi connectivity index (χ2v) is 4.35. The Morgan fingerprint density at radius 1 is 1.39 bits per heavy atom. The van der Waals surface area contributed by atoms with E-state index in [0.29, 0.717) is 25.0 Å². The van der Waals surface area contributed by atoms with Crippen LogP contribution in [0.15, 0.2) is 12.3 Å². The first-order chi connectivity index (χ1) is 8.52. The maximum absolute atomic E-state index is 12.7. The monoisotopic (exact) mass is 250 g/mol. The Labute approximate surface area is 109 Å². The molecule has 1 aromatic rings. The summed E-state index contributed by atoms with van der Waals surface area (Å²) in [6, 6.07) is 1.80. The Kier molecular flexibility index (Phi) is 4.84. The van der Waals surface area contributed by atoms with Crippen LogP contribution in [0.2, 0.25) is 0 Å². The lowest BCUT2D eigenvalue weighted by atomic mass is 9.86. The van der Waals surface area contributed by atoms with Crippen LogP contribution in [-0.4, -0.2) is 23.0 Å². The molecule has 0 radical (unpaired) electrons. The molecule has 0 aliphatic carbocycles.